The summed E-state index contributed by atoms with van der Waals surface area (Å²) in [7, 11) is 0. The smallest absolute Gasteiger partial charge is 0.247 e. The molecule has 0 aliphatic rings. The summed E-state index contributed by atoms with van der Waals surface area (Å²) >= 11 is 0. The fraction of sp³-hybridized carbons (Fsp3) is 0.100. The van der Waals surface area contributed by atoms with E-state index in [1.54, 1.807) is 18.3 Å². The third kappa shape index (κ3) is 3.96. The third-order valence-corrected chi connectivity index (χ3v) is 1.43. The van der Waals surface area contributed by atoms with Gasteiger partial charge >= 0.3 is 0 Å². The van der Waals surface area contributed by atoms with Crippen molar-refractivity contribution in [3.8, 4) is 0 Å². The molecule has 0 aromatic carbocycles. The van der Waals surface area contributed by atoms with Crippen LogP contribution in [0.3, 0.4) is 0 Å². The molecule has 0 spiro atoms. The number of H-pyrrole nitrogens is 2. The van der Waals surface area contributed by atoms with Gasteiger partial charge in [-0.15, -0.1) is 0 Å². The van der Waals surface area contributed by atoms with Gasteiger partial charge in [0.05, 0.1) is 0 Å². The van der Waals surface area contributed by atoms with Crippen LogP contribution in [0.15, 0.2) is 47.5 Å². The molecule has 0 atom stereocenters. The van der Waals surface area contributed by atoms with Crippen molar-refractivity contribution < 1.29 is 0 Å². The second-order valence-electron chi connectivity index (χ2n) is 2.58. The van der Waals surface area contributed by atoms with E-state index in [4.69, 9.17) is 0 Å². The van der Waals surface area contributed by atoms with Crippen LogP contribution in [0, 0.1) is 6.92 Å². The minimum absolute atomic E-state index is 0.0532. The Bertz CT molecular complexity index is 358. The lowest BCUT2D eigenvalue weighted by atomic mass is 10.5. The minimum atomic E-state index is -0.0532. The predicted molar refractivity (Wildman–Crippen MR) is 52.6 cm³/mol. The number of aryl methyl sites for hydroxylation is 1. The quantitative estimate of drug-likeness (QED) is 0.630. The summed E-state index contributed by atoms with van der Waals surface area (Å²) in [4.78, 5) is 15.7. The average molecular weight is 176 g/mol. The van der Waals surface area contributed by atoms with E-state index in [0.29, 0.717) is 0 Å². The first-order valence-corrected chi connectivity index (χ1v) is 4.03. The van der Waals surface area contributed by atoms with Gasteiger partial charge in [-0.3, -0.25) is 4.79 Å². The highest BCUT2D eigenvalue weighted by Crippen LogP contribution is 1.86. The van der Waals surface area contributed by atoms with Crippen molar-refractivity contribution in [2.24, 2.45) is 0 Å². The van der Waals surface area contributed by atoms with Crippen molar-refractivity contribution in [2.45, 2.75) is 6.92 Å². The molecule has 0 radical (unpaired) electrons. The number of hydrogen-bond donors (Lipinski definition) is 2. The van der Waals surface area contributed by atoms with Crippen molar-refractivity contribution in [2.75, 3.05) is 0 Å². The monoisotopic (exact) mass is 176 g/mol. The molecule has 0 saturated heterocycles. The molecule has 0 aliphatic heterocycles. The zero-order valence-electron chi connectivity index (χ0n) is 7.45. The van der Waals surface area contributed by atoms with E-state index >= 15 is 0 Å². The van der Waals surface area contributed by atoms with Gasteiger partial charge in [-0.1, -0.05) is 6.07 Å². The number of hydrogen-bond acceptors (Lipinski definition) is 1. The Labute approximate surface area is 76.4 Å². The molecular formula is C10H12N2O. The third-order valence-electron chi connectivity index (χ3n) is 1.43. The van der Waals surface area contributed by atoms with Gasteiger partial charge in [-0.2, -0.15) is 0 Å². The van der Waals surface area contributed by atoms with Gasteiger partial charge in [0.1, 0.15) is 0 Å². The molecule has 2 N–H and O–H groups in total. The van der Waals surface area contributed by atoms with E-state index < -0.39 is 0 Å². The van der Waals surface area contributed by atoms with Crippen LogP contribution in [0.4, 0.5) is 0 Å². The normalized spacial score (nSPS) is 8.69. The molecular weight excluding hydrogens is 164 g/mol. The molecule has 0 amide bonds. The molecule has 2 heterocycles. The number of aromatic amines is 2. The van der Waals surface area contributed by atoms with Crippen LogP contribution >= 0.6 is 0 Å². The van der Waals surface area contributed by atoms with E-state index in [2.05, 4.69) is 9.97 Å². The Morgan fingerprint density at radius 3 is 2.00 bits per heavy atom. The molecule has 0 saturated carbocycles. The number of aromatic nitrogens is 2. The molecule has 2 rings (SSSR count). The lowest BCUT2D eigenvalue weighted by Gasteiger charge is -1.73. The van der Waals surface area contributed by atoms with Gasteiger partial charge in [-0.05, 0) is 25.1 Å². The van der Waals surface area contributed by atoms with Crippen LogP contribution in [0.5, 0.6) is 0 Å². The van der Waals surface area contributed by atoms with Crippen molar-refractivity contribution in [3.63, 3.8) is 0 Å². The molecule has 2 aromatic heterocycles. The lowest BCUT2D eigenvalue weighted by Crippen LogP contribution is -1.98. The van der Waals surface area contributed by atoms with Crippen LogP contribution in [-0.4, -0.2) is 9.97 Å². The lowest BCUT2D eigenvalue weighted by molar-refractivity contribution is 1.24. The Balaban J connectivity index is 0.000000132. The van der Waals surface area contributed by atoms with Gasteiger partial charge in [-0.25, -0.2) is 0 Å². The topological polar surface area (TPSA) is 48.6 Å². The highest BCUT2D eigenvalue weighted by molar-refractivity contribution is 4.99. The Morgan fingerprint density at radius 2 is 1.77 bits per heavy atom. The van der Waals surface area contributed by atoms with Crippen LogP contribution in [0.25, 0.3) is 0 Å². The van der Waals surface area contributed by atoms with Crippen molar-refractivity contribution in [1.82, 2.24) is 9.97 Å². The maximum Gasteiger partial charge on any atom is 0.247 e. The van der Waals surface area contributed by atoms with Gasteiger partial charge in [0, 0.05) is 24.2 Å². The van der Waals surface area contributed by atoms with E-state index in [1.807, 2.05) is 25.3 Å². The maximum absolute atomic E-state index is 10.2. The van der Waals surface area contributed by atoms with Crippen LogP contribution in [0.2, 0.25) is 0 Å². The van der Waals surface area contributed by atoms with Gasteiger partial charge < -0.3 is 9.97 Å². The van der Waals surface area contributed by atoms with E-state index in [-0.39, 0.29) is 5.56 Å². The summed E-state index contributed by atoms with van der Waals surface area (Å²) in [6.45, 7) is 2.03. The van der Waals surface area contributed by atoms with Crippen LogP contribution < -0.4 is 5.56 Å². The first kappa shape index (κ1) is 9.32. The molecule has 0 unspecified atom stereocenters. The average Bonchev–Trinajstić information content (AvgIpc) is 2.58. The van der Waals surface area contributed by atoms with Gasteiger partial charge in [0.2, 0.25) is 5.56 Å². The van der Waals surface area contributed by atoms with Gasteiger partial charge in [0.15, 0.2) is 0 Å². The fourth-order valence-electron chi connectivity index (χ4n) is 0.797. The SMILES string of the molecule is Cc1ccc[nH]1.O=c1cccc[nH]1. The van der Waals surface area contributed by atoms with Crippen molar-refractivity contribution >= 4 is 0 Å². The summed E-state index contributed by atoms with van der Waals surface area (Å²) in [5, 5.41) is 0. The summed E-state index contributed by atoms with van der Waals surface area (Å²) in [6.07, 6.45) is 3.51. The zero-order valence-corrected chi connectivity index (χ0v) is 7.45. The Morgan fingerprint density at radius 1 is 1.00 bits per heavy atom. The summed E-state index contributed by atoms with van der Waals surface area (Å²) in [5.41, 5.74) is 1.16. The number of nitrogens with one attached hydrogen (secondary N) is 2. The summed E-state index contributed by atoms with van der Waals surface area (Å²) in [5.74, 6) is 0. The second-order valence-corrected chi connectivity index (χ2v) is 2.58. The highest BCUT2D eigenvalue weighted by atomic mass is 16.1. The molecule has 2 aromatic rings. The van der Waals surface area contributed by atoms with Crippen molar-refractivity contribution in [1.29, 1.82) is 0 Å². The van der Waals surface area contributed by atoms with E-state index in [0.717, 1.165) is 0 Å². The number of pyridine rings is 1. The fourth-order valence-corrected chi connectivity index (χ4v) is 0.797. The molecule has 0 bridgehead atoms. The predicted octanol–water partition coefficient (Wildman–Crippen LogP) is 1.70. The van der Waals surface area contributed by atoms with E-state index in [9.17, 15) is 4.79 Å². The summed E-state index contributed by atoms with van der Waals surface area (Å²) in [6, 6.07) is 8.94. The standard InChI is InChI=1S/C5H5NO.C5H7N/c7-5-3-1-2-4-6-5;1-5-3-2-4-6-5/h1-4H,(H,6,7);2-4,6H,1H3. The molecule has 0 aliphatic carbocycles. The van der Waals surface area contributed by atoms with Crippen LogP contribution in [-0.2, 0) is 0 Å². The highest BCUT2D eigenvalue weighted by Gasteiger charge is 1.72. The number of rotatable bonds is 0. The second kappa shape index (κ2) is 4.98. The largest absolute Gasteiger partial charge is 0.365 e. The summed E-state index contributed by atoms with van der Waals surface area (Å²) < 4.78 is 0. The first-order valence-electron chi connectivity index (χ1n) is 4.03. The molecule has 3 nitrogen and oxygen atoms in total. The first-order chi connectivity index (χ1) is 6.29. The van der Waals surface area contributed by atoms with Gasteiger partial charge in [0.25, 0.3) is 0 Å². The minimum Gasteiger partial charge on any atom is -0.365 e. The van der Waals surface area contributed by atoms with E-state index in [1.165, 1.54) is 11.8 Å². The zero-order chi connectivity index (χ0) is 9.52. The molecule has 3 heteroatoms. The molecule has 68 valence electrons. The molecule has 0 fully saturated rings. The van der Waals surface area contributed by atoms with Crippen LogP contribution in [0.1, 0.15) is 5.69 Å². The Kier molecular flexibility index (Phi) is 3.57. The van der Waals surface area contributed by atoms with Crippen molar-refractivity contribution in [3.05, 3.63) is 58.8 Å². The maximum atomic E-state index is 10.2. The molecule has 13 heavy (non-hydrogen) atoms. The Hall–Kier alpha value is -1.77.